The van der Waals surface area contributed by atoms with Crippen LogP contribution in [0.2, 0.25) is 0 Å². The van der Waals surface area contributed by atoms with Gasteiger partial charge in [-0.2, -0.15) is 0 Å². The summed E-state index contributed by atoms with van der Waals surface area (Å²) in [4.78, 5) is 22.5. The lowest BCUT2D eigenvalue weighted by Gasteiger charge is -2.08. The van der Waals surface area contributed by atoms with Crippen LogP contribution in [0.1, 0.15) is 30.1 Å². The zero-order valence-electron chi connectivity index (χ0n) is 9.66. The summed E-state index contributed by atoms with van der Waals surface area (Å²) in [5, 5.41) is -0.674. The molecule has 0 bridgehead atoms. The van der Waals surface area contributed by atoms with Crippen LogP contribution in [0.3, 0.4) is 0 Å². The first-order chi connectivity index (χ1) is 8.08. The Bertz CT molecular complexity index is 429. The van der Waals surface area contributed by atoms with E-state index in [1.807, 2.05) is 6.92 Å². The van der Waals surface area contributed by atoms with Crippen LogP contribution in [0.4, 0.5) is 0 Å². The second kappa shape index (κ2) is 6.25. The van der Waals surface area contributed by atoms with Crippen LogP contribution in [0, 0.1) is 0 Å². The summed E-state index contributed by atoms with van der Waals surface area (Å²) in [5.41, 5.74) is 0.150. The van der Waals surface area contributed by atoms with E-state index in [4.69, 9.17) is 21.1 Å². The monoisotopic (exact) mass is 256 g/mol. The molecule has 0 fully saturated rings. The number of carbonyl (C=O) groups is 2. The van der Waals surface area contributed by atoms with Gasteiger partial charge in [0.05, 0.1) is 12.7 Å². The molecule has 0 spiro atoms. The Morgan fingerprint density at radius 3 is 2.59 bits per heavy atom. The van der Waals surface area contributed by atoms with Gasteiger partial charge in [0.2, 0.25) is 0 Å². The SMILES string of the molecule is CCCC(=O)Oc1cc(OC)ccc1C(=O)Cl. The highest BCUT2D eigenvalue weighted by Gasteiger charge is 2.14. The van der Waals surface area contributed by atoms with Crippen LogP contribution in [-0.4, -0.2) is 18.3 Å². The molecule has 0 saturated carbocycles. The summed E-state index contributed by atoms with van der Waals surface area (Å²) < 4.78 is 10.1. The first kappa shape index (κ1) is 13.5. The van der Waals surface area contributed by atoms with Crippen molar-refractivity contribution in [1.29, 1.82) is 0 Å². The predicted molar refractivity (Wildman–Crippen MR) is 63.7 cm³/mol. The van der Waals surface area contributed by atoms with Gasteiger partial charge in [0.1, 0.15) is 11.5 Å². The molecule has 0 aliphatic rings. The van der Waals surface area contributed by atoms with Gasteiger partial charge in [-0.25, -0.2) is 0 Å². The zero-order chi connectivity index (χ0) is 12.8. The minimum atomic E-state index is -0.674. The van der Waals surface area contributed by atoms with E-state index in [2.05, 4.69) is 0 Å². The van der Waals surface area contributed by atoms with Crippen molar-refractivity contribution in [3.63, 3.8) is 0 Å². The molecule has 0 amide bonds. The van der Waals surface area contributed by atoms with Crippen LogP contribution in [0.25, 0.3) is 0 Å². The summed E-state index contributed by atoms with van der Waals surface area (Å²) in [5.74, 6) is 0.216. The molecule has 4 nitrogen and oxygen atoms in total. The van der Waals surface area contributed by atoms with E-state index in [1.54, 1.807) is 6.07 Å². The first-order valence-corrected chi connectivity index (χ1v) is 5.54. The molecule has 0 unspecified atom stereocenters. The first-order valence-electron chi connectivity index (χ1n) is 5.17. The predicted octanol–water partition coefficient (Wildman–Crippen LogP) is 2.78. The minimum absolute atomic E-state index is 0.128. The van der Waals surface area contributed by atoms with Crippen LogP contribution in [0.5, 0.6) is 11.5 Å². The number of esters is 1. The fourth-order valence-corrected chi connectivity index (χ4v) is 1.41. The van der Waals surface area contributed by atoms with E-state index in [9.17, 15) is 9.59 Å². The maximum atomic E-state index is 11.4. The highest BCUT2D eigenvalue weighted by atomic mass is 35.5. The topological polar surface area (TPSA) is 52.6 Å². The van der Waals surface area contributed by atoms with E-state index in [0.717, 1.165) is 0 Å². The van der Waals surface area contributed by atoms with Crippen molar-refractivity contribution in [2.45, 2.75) is 19.8 Å². The Hall–Kier alpha value is -1.55. The summed E-state index contributed by atoms with van der Waals surface area (Å²) in [6.07, 6.45) is 0.958. The van der Waals surface area contributed by atoms with Gasteiger partial charge in [-0.3, -0.25) is 9.59 Å². The van der Waals surface area contributed by atoms with Crippen molar-refractivity contribution < 1.29 is 19.1 Å². The standard InChI is InChI=1S/C12H13ClO4/c1-3-4-11(14)17-10-7-8(16-2)5-6-9(10)12(13)15/h5-7H,3-4H2,1-2H3. The third-order valence-electron chi connectivity index (χ3n) is 2.08. The molecule has 1 rings (SSSR count). The van der Waals surface area contributed by atoms with Gasteiger partial charge in [-0.05, 0) is 30.2 Å². The lowest BCUT2D eigenvalue weighted by Crippen LogP contribution is -2.09. The molecule has 0 N–H and O–H groups in total. The number of rotatable bonds is 5. The number of hydrogen-bond donors (Lipinski definition) is 0. The molecular formula is C12H13ClO4. The van der Waals surface area contributed by atoms with E-state index < -0.39 is 11.2 Å². The average Bonchev–Trinajstić information content (AvgIpc) is 2.28. The normalized spacial score (nSPS) is 9.82. The second-order valence-corrected chi connectivity index (χ2v) is 3.70. The molecule has 0 saturated heterocycles. The van der Waals surface area contributed by atoms with Gasteiger partial charge in [0.15, 0.2) is 0 Å². The van der Waals surface area contributed by atoms with Gasteiger partial charge < -0.3 is 9.47 Å². The Kier molecular flexibility index (Phi) is 4.97. The van der Waals surface area contributed by atoms with Crippen LogP contribution in [-0.2, 0) is 4.79 Å². The van der Waals surface area contributed by atoms with E-state index in [1.165, 1.54) is 19.2 Å². The second-order valence-electron chi connectivity index (χ2n) is 3.36. The van der Waals surface area contributed by atoms with Crippen molar-refractivity contribution >= 4 is 22.8 Å². The summed E-state index contributed by atoms with van der Waals surface area (Å²) in [6, 6.07) is 4.50. The largest absolute Gasteiger partial charge is 0.497 e. The molecule has 0 aromatic heterocycles. The smallest absolute Gasteiger partial charge is 0.311 e. The van der Waals surface area contributed by atoms with Crippen molar-refractivity contribution in [2.24, 2.45) is 0 Å². The van der Waals surface area contributed by atoms with Gasteiger partial charge in [-0.1, -0.05) is 6.92 Å². The molecular weight excluding hydrogens is 244 g/mol. The van der Waals surface area contributed by atoms with Crippen LogP contribution < -0.4 is 9.47 Å². The number of benzene rings is 1. The number of hydrogen-bond acceptors (Lipinski definition) is 4. The summed E-state index contributed by atoms with van der Waals surface area (Å²) in [6.45, 7) is 1.86. The molecule has 17 heavy (non-hydrogen) atoms. The van der Waals surface area contributed by atoms with Crippen LogP contribution >= 0.6 is 11.6 Å². The third kappa shape index (κ3) is 3.75. The lowest BCUT2D eigenvalue weighted by molar-refractivity contribution is -0.134. The lowest BCUT2D eigenvalue weighted by atomic mass is 10.2. The number of ether oxygens (including phenoxy) is 2. The Balaban J connectivity index is 3.00. The van der Waals surface area contributed by atoms with Gasteiger partial charge in [0, 0.05) is 12.5 Å². The minimum Gasteiger partial charge on any atom is -0.497 e. The summed E-state index contributed by atoms with van der Waals surface area (Å²) in [7, 11) is 1.48. The maximum absolute atomic E-state index is 11.4. The van der Waals surface area contributed by atoms with Gasteiger partial charge in [0.25, 0.3) is 5.24 Å². The third-order valence-corrected chi connectivity index (χ3v) is 2.28. The van der Waals surface area contributed by atoms with Gasteiger partial charge >= 0.3 is 5.97 Å². The molecule has 0 aliphatic carbocycles. The number of halogens is 1. The van der Waals surface area contributed by atoms with E-state index in [0.29, 0.717) is 12.2 Å². The zero-order valence-corrected chi connectivity index (χ0v) is 10.4. The van der Waals surface area contributed by atoms with E-state index in [-0.39, 0.29) is 17.7 Å². The Morgan fingerprint density at radius 2 is 2.06 bits per heavy atom. The Labute approximate surface area is 104 Å². The maximum Gasteiger partial charge on any atom is 0.311 e. The van der Waals surface area contributed by atoms with E-state index >= 15 is 0 Å². The quantitative estimate of drug-likeness (QED) is 0.462. The fraction of sp³-hybridized carbons (Fsp3) is 0.333. The molecule has 0 aliphatic heterocycles. The van der Waals surface area contributed by atoms with Crippen LogP contribution in [0.15, 0.2) is 18.2 Å². The summed E-state index contributed by atoms with van der Waals surface area (Å²) >= 11 is 5.39. The number of carbonyl (C=O) groups excluding carboxylic acids is 2. The molecule has 1 aromatic rings. The fourth-order valence-electron chi connectivity index (χ4n) is 1.25. The molecule has 92 valence electrons. The van der Waals surface area contributed by atoms with Crippen molar-refractivity contribution in [2.75, 3.05) is 7.11 Å². The highest BCUT2D eigenvalue weighted by Crippen LogP contribution is 2.26. The molecule has 1 aromatic carbocycles. The molecule has 0 heterocycles. The van der Waals surface area contributed by atoms with Crippen molar-refractivity contribution in [3.05, 3.63) is 23.8 Å². The molecule has 5 heteroatoms. The molecule has 0 radical (unpaired) electrons. The molecule has 0 atom stereocenters. The van der Waals surface area contributed by atoms with Gasteiger partial charge in [-0.15, -0.1) is 0 Å². The average molecular weight is 257 g/mol. The van der Waals surface area contributed by atoms with Crippen molar-refractivity contribution in [1.82, 2.24) is 0 Å². The van der Waals surface area contributed by atoms with Crippen molar-refractivity contribution in [3.8, 4) is 11.5 Å². The highest BCUT2D eigenvalue weighted by molar-refractivity contribution is 6.68. The Morgan fingerprint density at radius 1 is 1.35 bits per heavy atom. The number of methoxy groups -OCH3 is 1.